The predicted molar refractivity (Wildman–Crippen MR) is 87.4 cm³/mol. The lowest BCUT2D eigenvalue weighted by molar-refractivity contribution is -0.143. The van der Waals surface area contributed by atoms with Gasteiger partial charge in [-0.15, -0.1) is 0 Å². The van der Waals surface area contributed by atoms with Crippen LogP contribution in [0.4, 0.5) is 0 Å². The van der Waals surface area contributed by atoms with Crippen LogP contribution in [0.15, 0.2) is 41.0 Å². The third kappa shape index (κ3) is 3.79. The van der Waals surface area contributed by atoms with E-state index in [1.165, 1.54) is 42.4 Å². The van der Waals surface area contributed by atoms with Crippen LogP contribution in [0.5, 0.6) is 0 Å². The summed E-state index contributed by atoms with van der Waals surface area (Å²) in [5.41, 5.74) is -0.0707. The monoisotopic (exact) mass is 344 g/mol. The van der Waals surface area contributed by atoms with Crippen LogP contribution in [0.25, 0.3) is 6.08 Å². The Hall–Kier alpha value is -3.29. The van der Waals surface area contributed by atoms with Crippen molar-refractivity contribution in [2.75, 3.05) is 7.05 Å². The lowest BCUT2D eigenvalue weighted by Gasteiger charge is -2.25. The van der Waals surface area contributed by atoms with Gasteiger partial charge < -0.3 is 14.6 Å². The first-order valence-corrected chi connectivity index (χ1v) is 7.35. The first-order valence-electron chi connectivity index (χ1n) is 7.35. The number of carbonyl (C=O) groups excluding carboxylic acids is 3. The molecular formula is C17H16N2O6. The van der Waals surface area contributed by atoms with E-state index in [4.69, 9.17) is 5.11 Å². The third-order valence-electron chi connectivity index (χ3n) is 3.81. The Bertz CT molecular complexity index is 877. The average molecular weight is 344 g/mol. The van der Waals surface area contributed by atoms with Crippen LogP contribution < -0.4 is 5.56 Å². The highest BCUT2D eigenvalue weighted by Gasteiger charge is 2.37. The van der Waals surface area contributed by atoms with Gasteiger partial charge in [-0.2, -0.15) is 0 Å². The number of carboxylic acid groups (broad SMARTS) is 1. The highest BCUT2D eigenvalue weighted by Crippen LogP contribution is 2.18. The summed E-state index contributed by atoms with van der Waals surface area (Å²) in [7, 11) is 1.46. The van der Waals surface area contributed by atoms with E-state index < -0.39 is 41.5 Å². The molecule has 0 saturated heterocycles. The molecule has 0 aliphatic carbocycles. The molecule has 8 nitrogen and oxygen atoms in total. The smallest absolute Gasteiger partial charge is 0.323 e. The van der Waals surface area contributed by atoms with Gasteiger partial charge in [-0.25, -0.2) is 0 Å². The quantitative estimate of drug-likeness (QED) is 0.597. The first kappa shape index (κ1) is 18.1. The van der Waals surface area contributed by atoms with Crippen molar-refractivity contribution < 1.29 is 24.3 Å². The normalized spacial score (nSPS) is 17.8. The Balaban J connectivity index is 2.27. The molecule has 1 aromatic heterocycles. The van der Waals surface area contributed by atoms with Crippen LogP contribution in [0, 0.1) is 5.92 Å². The average Bonchev–Trinajstić information content (AvgIpc) is 2.53. The van der Waals surface area contributed by atoms with Crippen LogP contribution in [0.3, 0.4) is 0 Å². The highest BCUT2D eigenvalue weighted by molar-refractivity contribution is 6.26. The van der Waals surface area contributed by atoms with E-state index in [1.54, 1.807) is 6.92 Å². The molecule has 2 rings (SSSR count). The van der Waals surface area contributed by atoms with Gasteiger partial charge in [0.15, 0.2) is 17.5 Å². The Morgan fingerprint density at radius 1 is 1.28 bits per heavy atom. The number of ketones is 2. The number of carbonyl (C=O) groups is 4. The van der Waals surface area contributed by atoms with Gasteiger partial charge in [-0.3, -0.25) is 24.0 Å². The second-order valence-electron chi connectivity index (χ2n) is 5.54. The maximum absolute atomic E-state index is 12.2. The molecule has 0 fully saturated rings. The summed E-state index contributed by atoms with van der Waals surface area (Å²) in [5.74, 6) is -4.61. The zero-order chi connectivity index (χ0) is 18.7. The summed E-state index contributed by atoms with van der Waals surface area (Å²) < 4.78 is 0.975. The van der Waals surface area contributed by atoms with E-state index >= 15 is 0 Å². The minimum atomic E-state index is -1.46. The molecule has 1 atom stereocenters. The van der Waals surface area contributed by atoms with Gasteiger partial charge in [-0.1, -0.05) is 0 Å². The zero-order valence-electron chi connectivity index (χ0n) is 13.6. The molecule has 1 unspecified atom stereocenters. The maximum atomic E-state index is 12.2. The number of nitrogens with zero attached hydrogens (tertiary/aromatic N) is 2. The van der Waals surface area contributed by atoms with E-state index in [1.807, 2.05) is 0 Å². The molecule has 0 aromatic carbocycles. The highest BCUT2D eigenvalue weighted by atomic mass is 16.4. The number of hydrogen-bond acceptors (Lipinski definition) is 5. The Labute approximate surface area is 142 Å². The molecule has 8 heteroatoms. The standard InChI is InChI=1S/C17H16N2O6/c1-10-8-13(21)15(17(25)18(10)2)12(20)6-5-11-4-3-7-19(16(11)24)9-14(22)23/h3-8,15H,9H2,1-2H3,(H,22,23)/b6-5+. The van der Waals surface area contributed by atoms with Gasteiger partial charge in [0.2, 0.25) is 5.91 Å². The van der Waals surface area contributed by atoms with Crippen molar-refractivity contribution in [3.05, 3.63) is 52.1 Å². The summed E-state index contributed by atoms with van der Waals surface area (Å²) in [4.78, 5) is 60.3. The van der Waals surface area contributed by atoms with Crippen molar-refractivity contribution in [1.82, 2.24) is 9.47 Å². The molecule has 25 heavy (non-hydrogen) atoms. The van der Waals surface area contributed by atoms with Gasteiger partial charge in [0.25, 0.3) is 5.56 Å². The topological polar surface area (TPSA) is 114 Å². The Morgan fingerprint density at radius 2 is 1.96 bits per heavy atom. The number of amides is 1. The minimum absolute atomic E-state index is 0.0767. The largest absolute Gasteiger partial charge is 0.480 e. The second-order valence-corrected chi connectivity index (χ2v) is 5.54. The summed E-state index contributed by atoms with van der Waals surface area (Å²) in [6.45, 7) is 1.07. The number of allylic oxidation sites excluding steroid dienone is 3. The van der Waals surface area contributed by atoms with Crippen molar-refractivity contribution in [2.24, 2.45) is 5.92 Å². The van der Waals surface area contributed by atoms with Crippen molar-refractivity contribution in [3.8, 4) is 0 Å². The number of hydrogen-bond donors (Lipinski definition) is 1. The van der Waals surface area contributed by atoms with Gasteiger partial charge in [0.05, 0.1) is 0 Å². The number of rotatable bonds is 5. The van der Waals surface area contributed by atoms with E-state index in [0.717, 1.165) is 10.6 Å². The van der Waals surface area contributed by atoms with Gasteiger partial charge in [-0.05, 0) is 31.2 Å². The van der Waals surface area contributed by atoms with Crippen molar-refractivity contribution in [1.29, 1.82) is 0 Å². The zero-order valence-corrected chi connectivity index (χ0v) is 13.6. The van der Waals surface area contributed by atoms with Crippen molar-refractivity contribution in [2.45, 2.75) is 13.5 Å². The molecule has 1 aliphatic heterocycles. The molecule has 2 heterocycles. The maximum Gasteiger partial charge on any atom is 0.323 e. The first-order chi connectivity index (χ1) is 11.7. The summed E-state index contributed by atoms with van der Waals surface area (Å²) in [5, 5.41) is 8.76. The van der Waals surface area contributed by atoms with E-state index in [2.05, 4.69) is 0 Å². The predicted octanol–water partition coefficient (Wildman–Crippen LogP) is 0.0763. The lowest BCUT2D eigenvalue weighted by atomic mass is 9.92. The lowest BCUT2D eigenvalue weighted by Crippen LogP contribution is -2.43. The minimum Gasteiger partial charge on any atom is -0.480 e. The van der Waals surface area contributed by atoms with Gasteiger partial charge >= 0.3 is 5.97 Å². The third-order valence-corrected chi connectivity index (χ3v) is 3.81. The molecule has 1 aliphatic rings. The van der Waals surface area contributed by atoms with E-state index in [9.17, 15) is 24.0 Å². The van der Waals surface area contributed by atoms with Crippen molar-refractivity contribution >= 4 is 29.5 Å². The molecule has 1 amide bonds. The SMILES string of the molecule is CC1=CC(=O)C(C(=O)/C=C/c2cccn(CC(=O)O)c2=O)C(=O)N1C. The van der Waals surface area contributed by atoms with E-state index in [-0.39, 0.29) is 5.56 Å². The number of carboxylic acids is 1. The number of pyridine rings is 1. The second kappa shape index (κ2) is 7.08. The number of aliphatic carboxylic acids is 1. The molecule has 0 spiro atoms. The van der Waals surface area contributed by atoms with Crippen molar-refractivity contribution in [3.63, 3.8) is 0 Å². The van der Waals surface area contributed by atoms with Crippen LogP contribution in [0.2, 0.25) is 0 Å². The number of aromatic nitrogens is 1. The molecule has 0 saturated carbocycles. The van der Waals surface area contributed by atoms with E-state index in [0.29, 0.717) is 5.70 Å². The summed E-state index contributed by atoms with van der Waals surface area (Å²) in [6, 6.07) is 2.87. The molecule has 1 N–H and O–H groups in total. The Morgan fingerprint density at radius 3 is 2.60 bits per heavy atom. The van der Waals surface area contributed by atoms with Crippen LogP contribution in [-0.2, 0) is 25.7 Å². The molecule has 0 radical (unpaired) electrons. The molecule has 130 valence electrons. The van der Waals surface area contributed by atoms with Crippen LogP contribution >= 0.6 is 0 Å². The fourth-order valence-electron chi connectivity index (χ4n) is 2.36. The fraction of sp³-hybridized carbons (Fsp3) is 0.235. The summed E-state index contributed by atoms with van der Waals surface area (Å²) in [6.07, 6.45) is 4.70. The molecule has 1 aromatic rings. The molecule has 0 bridgehead atoms. The fourth-order valence-corrected chi connectivity index (χ4v) is 2.36. The molecular weight excluding hydrogens is 328 g/mol. The van der Waals surface area contributed by atoms with Crippen LogP contribution in [-0.4, -0.2) is 45.1 Å². The van der Waals surface area contributed by atoms with Crippen LogP contribution in [0.1, 0.15) is 12.5 Å². The van der Waals surface area contributed by atoms with Gasteiger partial charge in [0, 0.05) is 30.6 Å². The Kier molecular flexibility index (Phi) is 5.11. The summed E-state index contributed by atoms with van der Waals surface area (Å²) >= 11 is 0. The van der Waals surface area contributed by atoms with Gasteiger partial charge in [0.1, 0.15) is 6.54 Å².